The lowest BCUT2D eigenvalue weighted by Gasteiger charge is -2.21. The number of hydrogen-bond donors (Lipinski definition) is 0. The third-order valence-corrected chi connectivity index (χ3v) is 3.83. The summed E-state index contributed by atoms with van der Waals surface area (Å²) in [6.07, 6.45) is 2.56. The van der Waals surface area contributed by atoms with Crippen molar-refractivity contribution in [3.05, 3.63) is 71.3 Å². The number of benzene rings is 2. The molecule has 0 amide bonds. The van der Waals surface area contributed by atoms with Crippen LogP contribution in [0.2, 0.25) is 0 Å². The molecule has 0 heterocycles. The number of rotatable bonds is 7. The van der Waals surface area contributed by atoms with E-state index in [-0.39, 0.29) is 11.3 Å². The van der Waals surface area contributed by atoms with Crippen LogP contribution in [0.25, 0.3) is 6.08 Å². The molecule has 2 rings (SSSR count). The van der Waals surface area contributed by atoms with Crippen LogP contribution in [0.4, 0.5) is 14.5 Å². The number of carbonyl (C=O) groups excluding carboxylic acids is 1. The Morgan fingerprint density at radius 1 is 1.04 bits per heavy atom. The minimum Gasteiger partial charge on any atom is -0.373 e. The van der Waals surface area contributed by atoms with Gasteiger partial charge in [0.05, 0.1) is 0 Å². The van der Waals surface area contributed by atoms with Crippen molar-refractivity contribution in [1.29, 1.82) is 0 Å². The summed E-state index contributed by atoms with van der Waals surface area (Å²) < 4.78 is 26.8. The molecule has 0 aliphatic heterocycles. The first-order valence-electron chi connectivity index (χ1n) is 8.00. The van der Waals surface area contributed by atoms with Crippen molar-refractivity contribution in [1.82, 2.24) is 4.90 Å². The summed E-state index contributed by atoms with van der Waals surface area (Å²) in [5, 5.41) is 0. The highest BCUT2D eigenvalue weighted by Crippen LogP contribution is 2.17. The van der Waals surface area contributed by atoms with Crippen molar-refractivity contribution in [3.63, 3.8) is 0 Å². The van der Waals surface area contributed by atoms with Gasteiger partial charge in [-0.25, -0.2) is 8.78 Å². The molecule has 0 aliphatic rings. The molecule has 0 saturated heterocycles. The minimum absolute atomic E-state index is 0.0487. The van der Waals surface area contributed by atoms with Crippen LogP contribution < -0.4 is 4.90 Å². The quantitative estimate of drug-likeness (QED) is 0.563. The third kappa shape index (κ3) is 5.50. The lowest BCUT2D eigenvalue weighted by molar-refractivity contribution is 0.104. The van der Waals surface area contributed by atoms with Gasteiger partial charge in [-0.05, 0) is 56.6 Å². The number of likely N-dealkylation sites (N-methyl/N-ethyl adjacent to an activating group) is 2. The molecule has 0 spiro atoms. The van der Waals surface area contributed by atoms with Crippen LogP contribution in [0.1, 0.15) is 15.9 Å². The van der Waals surface area contributed by atoms with Crippen LogP contribution in [0.3, 0.4) is 0 Å². The summed E-state index contributed by atoms with van der Waals surface area (Å²) in [6, 6.07) is 10.4. The van der Waals surface area contributed by atoms with E-state index in [9.17, 15) is 13.6 Å². The number of carbonyl (C=O) groups is 1. The number of anilines is 1. The summed E-state index contributed by atoms with van der Waals surface area (Å²) in [5.74, 6) is -1.37. The van der Waals surface area contributed by atoms with Gasteiger partial charge in [-0.1, -0.05) is 12.1 Å². The van der Waals surface area contributed by atoms with Crippen LogP contribution in [0, 0.1) is 11.6 Å². The second-order valence-electron chi connectivity index (χ2n) is 6.14. The van der Waals surface area contributed by atoms with E-state index < -0.39 is 11.6 Å². The van der Waals surface area contributed by atoms with Gasteiger partial charge < -0.3 is 9.80 Å². The molecule has 0 radical (unpaired) electrons. The van der Waals surface area contributed by atoms with Gasteiger partial charge in [0.15, 0.2) is 5.78 Å². The lowest BCUT2D eigenvalue weighted by Crippen LogP contribution is -2.28. The van der Waals surface area contributed by atoms with E-state index in [2.05, 4.69) is 9.80 Å². The van der Waals surface area contributed by atoms with Crippen molar-refractivity contribution >= 4 is 17.5 Å². The molecular weight excluding hydrogens is 322 g/mol. The highest BCUT2D eigenvalue weighted by Gasteiger charge is 2.07. The number of hydrogen-bond acceptors (Lipinski definition) is 3. The predicted molar refractivity (Wildman–Crippen MR) is 98.0 cm³/mol. The maximum Gasteiger partial charge on any atom is 0.185 e. The van der Waals surface area contributed by atoms with E-state index in [0.717, 1.165) is 37.0 Å². The van der Waals surface area contributed by atoms with Gasteiger partial charge in [0.25, 0.3) is 0 Å². The molecule has 3 nitrogen and oxygen atoms in total. The Balaban J connectivity index is 2.13. The normalized spacial score (nSPS) is 11.3. The zero-order chi connectivity index (χ0) is 18.4. The Bertz CT molecular complexity index is 772. The van der Waals surface area contributed by atoms with Gasteiger partial charge in [-0.2, -0.15) is 0 Å². The molecule has 0 atom stereocenters. The molecule has 25 heavy (non-hydrogen) atoms. The fourth-order valence-electron chi connectivity index (χ4n) is 2.28. The van der Waals surface area contributed by atoms with Gasteiger partial charge >= 0.3 is 0 Å². The number of nitrogens with zero attached hydrogens (tertiary/aromatic N) is 2. The molecule has 0 bridgehead atoms. The maximum absolute atomic E-state index is 13.6. The topological polar surface area (TPSA) is 23.6 Å². The van der Waals surface area contributed by atoms with Crippen LogP contribution in [0.15, 0.2) is 48.5 Å². The Labute approximate surface area is 147 Å². The molecule has 132 valence electrons. The number of allylic oxidation sites excluding steroid dienone is 1. The summed E-state index contributed by atoms with van der Waals surface area (Å²) in [4.78, 5) is 16.5. The van der Waals surface area contributed by atoms with Crippen molar-refractivity contribution in [2.45, 2.75) is 0 Å². The molecule has 2 aromatic rings. The number of halogens is 2. The molecule has 0 aromatic heterocycles. The van der Waals surface area contributed by atoms with Gasteiger partial charge in [0, 0.05) is 37.0 Å². The molecule has 2 aromatic carbocycles. The second kappa shape index (κ2) is 8.53. The largest absolute Gasteiger partial charge is 0.373 e. The van der Waals surface area contributed by atoms with Gasteiger partial charge in [-0.15, -0.1) is 0 Å². The molecule has 0 saturated carbocycles. The highest BCUT2D eigenvalue weighted by atomic mass is 19.1. The highest BCUT2D eigenvalue weighted by molar-refractivity contribution is 6.07. The molecule has 0 unspecified atom stereocenters. The molecule has 0 N–H and O–H groups in total. The Morgan fingerprint density at radius 2 is 1.80 bits per heavy atom. The zero-order valence-electron chi connectivity index (χ0n) is 14.7. The fourth-order valence-corrected chi connectivity index (χ4v) is 2.28. The summed E-state index contributed by atoms with van der Waals surface area (Å²) in [6.45, 7) is 1.72. The lowest BCUT2D eigenvalue weighted by atomic mass is 10.1. The molecule has 5 heteroatoms. The SMILES string of the molecule is CN(C)CCN(C)c1cccc(C(=O)/C=C/c2cc(F)ccc2F)c1. The van der Waals surface area contributed by atoms with Crippen LogP contribution in [-0.4, -0.2) is 44.9 Å². The molecule has 0 fully saturated rings. The standard InChI is InChI=1S/C20H22F2N2O/c1-23(2)11-12-24(3)18-6-4-5-16(14-18)20(25)10-7-15-13-17(21)8-9-19(15)22/h4-10,13-14H,11-12H2,1-3H3/b10-7+. The smallest absolute Gasteiger partial charge is 0.185 e. The average molecular weight is 344 g/mol. The van der Waals surface area contributed by atoms with Crippen molar-refractivity contribution in [3.8, 4) is 0 Å². The fraction of sp³-hybridized carbons (Fsp3) is 0.250. The van der Waals surface area contributed by atoms with E-state index in [0.29, 0.717) is 5.56 Å². The van der Waals surface area contributed by atoms with Crippen molar-refractivity contribution in [2.24, 2.45) is 0 Å². The van der Waals surface area contributed by atoms with Crippen molar-refractivity contribution in [2.75, 3.05) is 39.1 Å². The summed E-state index contributed by atoms with van der Waals surface area (Å²) >= 11 is 0. The first-order chi connectivity index (χ1) is 11.9. The Hall–Kier alpha value is -2.53. The third-order valence-electron chi connectivity index (χ3n) is 3.83. The molecular formula is C20H22F2N2O. The van der Waals surface area contributed by atoms with E-state index in [1.807, 2.05) is 33.3 Å². The van der Waals surface area contributed by atoms with Gasteiger partial charge in [0.1, 0.15) is 11.6 Å². The first kappa shape index (κ1) is 18.8. The van der Waals surface area contributed by atoms with E-state index in [1.54, 1.807) is 12.1 Å². The minimum atomic E-state index is -0.567. The monoisotopic (exact) mass is 344 g/mol. The number of ketones is 1. The predicted octanol–water partition coefficient (Wildman–Crippen LogP) is 3.86. The van der Waals surface area contributed by atoms with E-state index >= 15 is 0 Å². The maximum atomic E-state index is 13.6. The Morgan fingerprint density at radius 3 is 2.52 bits per heavy atom. The second-order valence-corrected chi connectivity index (χ2v) is 6.14. The summed E-state index contributed by atoms with van der Waals surface area (Å²) in [5.41, 5.74) is 1.48. The van der Waals surface area contributed by atoms with Crippen LogP contribution in [0.5, 0.6) is 0 Å². The van der Waals surface area contributed by atoms with Gasteiger partial charge in [0.2, 0.25) is 0 Å². The zero-order valence-corrected chi connectivity index (χ0v) is 14.7. The first-order valence-corrected chi connectivity index (χ1v) is 8.00. The Kier molecular flexibility index (Phi) is 6.42. The van der Waals surface area contributed by atoms with Crippen molar-refractivity contribution < 1.29 is 13.6 Å². The molecule has 0 aliphatic carbocycles. The average Bonchev–Trinajstić information content (AvgIpc) is 2.60. The van der Waals surface area contributed by atoms with Gasteiger partial charge in [-0.3, -0.25) is 4.79 Å². The van der Waals surface area contributed by atoms with Crippen LogP contribution in [-0.2, 0) is 0 Å². The van der Waals surface area contributed by atoms with Crippen LogP contribution >= 0.6 is 0 Å². The van der Waals surface area contributed by atoms with E-state index in [4.69, 9.17) is 0 Å². The van der Waals surface area contributed by atoms with E-state index in [1.165, 1.54) is 12.2 Å². The summed E-state index contributed by atoms with van der Waals surface area (Å²) in [7, 11) is 5.97.